The lowest BCUT2D eigenvalue weighted by Crippen LogP contribution is -2.30. The maximum absolute atomic E-state index is 13.3. The van der Waals surface area contributed by atoms with Crippen molar-refractivity contribution in [3.63, 3.8) is 0 Å². The van der Waals surface area contributed by atoms with Gasteiger partial charge >= 0.3 is 0 Å². The second-order valence-corrected chi connectivity index (χ2v) is 6.50. The third-order valence-corrected chi connectivity index (χ3v) is 4.02. The highest BCUT2D eigenvalue weighted by atomic mass is 35.5. The number of nitrogens with zero attached hydrogens (tertiary/aromatic N) is 2. The van der Waals surface area contributed by atoms with Crippen LogP contribution in [0.2, 0.25) is 5.02 Å². The van der Waals surface area contributed by atoms with E-state index in [1.165, 1.54) is 12.1 Å². The molecule has 28 heavy (non-hydrogen) atoms. The van der Waals surface area contributed by atoms with Crippen molar-refractivity contribution in [1.29, 1.82) is 0 Å². The Morgan fingerprint density at radius 3 is 2.68 bits per heavy atom. The molecule has 0 fully saturated rings. The lowest BCUT2D eigenvalue weighted by Gasteiger charge is -2.08. The van der Waals surface area contributed by atoms with E-state index >= 15 is 0 Å². The highest BCUT2D eigenvalue weighted by Crippen LogP contribution is 2.20. The van der Waals surface area contributed by atoms with E-state index in [-0.39, 0.29) is 29.2 Å². The minimum Gasteiger partial charge on any atom is -0.484 e. The van der Waals surface area contributed by atoms with Gasteiger partial charge in [-0.1, -0.05) is 11.6 Å². The topological polar surface area (TPSA) is 93.2 Å². The summed E-state index contributed by atoms with van der Waals surface area (Å²) >= 11 is 5.58. The van der Waals surface area contributed by atoms with Crippen molar-refractivity contribution in [1.82, 2.24) is 20.6 Å². The van der Waals surface area contributed by atoms with Crippen LogP contribution in [0.1, 0.15) is 30.7 Å². The summed E-state index contributed by atoms with van der Waals surface area (Å²) in [4.78, 5) is 31.8. The fourth-order valence-electron chi connectivity index (χ4n) is 2.19. The van der Waals surface area contributed by atoms with Gasteiger partial charge in [-0.25, -0.2) is 4.39 Å². The van der Waals surface area contributed by atoms with Crippen LogP contribution in [0, 0.1) is 12.7 Å². The zero-order chi connectivity index (χ0) is 20.4. The number of hydrogen-bond donors (Lipinski definition) is 2. The Morgan fingerprint density at radius 2 is 1.96 bits per heavy atom. The molecule has 0 saturated carbocycles. The van der Waals surface area contributed by atoms with Gasteiger partial charge in [-0.05, 0) is 31.9 Å². The maximum atomic E-state index is 13.3. The molecular formula is C19H22ClFN4O3. The van der Waals surface area contributed by atoms with Crippen LogP contribution in [-0.2, 0) is 16.1 Å². The number of ether oxygens (including phenoxy) is 1. The molecule has 2 N–H and O–H groups in total. The van der Waals surface area contributed by atoms with Crippen molar-refractivity contribution in [2.75, 3.05) is 13.2 Å². The van der Waals surface area contributed by atoms with Crippen LogP contribution in [0.4, 0.5) is 4.39 Å². The number of unbranched alkanes of at least 4 members (excludes halogenated alkanes) is 1. The Bertz CT molecular complexity index is 802. The molecular weight excluding hydrogens is 387 g/mol. The van der Waals surface area contributed by atoms with E-state index in [2.05, 4.69) is 20.6 Å². The zero-order valence-electron chi connectivity index (χ0n) is 15.5. The number of aryl methyl sites for hydroxylation is 1. The Balaban J connectivity index is 1.53. The standard InChI is InChI=1S/C19H22ClFN4O3/c1-13-9-24-14(10-23-13)11-25-18(26)4-2-3-7-22-19(27)12-28-15-5-6-16(20)17(21)8-15/h5-6,8-10H,2-4,7,11-12H2,1H3,(H,22,27)(H,25,26). The van der Waals surface area contributed by atoms with Gasteiger partial charge < -0.3 is 15.4 Å². The van der Waals surface area contributed by atoms with Gasteiger partial charge in [-0.15, -0.1) is 0 Å². The van der Waals surface area contributed by atoms with Crippen LogP contribution >= 0.6 is 11.6 Å². The van der Waals surface area contributed by atoms with E-state index in [0.29, 0.717) is 38.0 Å². The third kappa shape index (κ3) is 7.87. The molecule has 1 heterocycles. The van der Waals surface area contributed by atoms with E-state index in [1.54, 1.807) is 12.4 Å². The highest BCUT2D eigenvalue weighted by Gasteiger charge is 2.06. The summed E-state index contributed by atoms with van der Waals surface area (Å²) in [6.45, 7) is 2.39. The van der Waals surface area contributed by atoms with E-state index < -0.39 is 5.82 Å². The van der Waals surface area contributed by atoms with Gasteiger partial charge in [0, 0.05) is 25.2 Å². The monoisotopic (exact) mass is 408 g/mol. The molecule has 7 nitrogen and oxygen atoms in total. The maximum Gasteiger partial charge on any atom is 0.257 e. The summed E-state index contributed by atoms with van der Waals surface area (Å²) in [7, 11) is 0. The van der Waals surface area contributed by atoms with Crippen molar-refractivity contribution in [3.8, 4) is 5.75 Å². The summed E-state index contributed by atoms with van der Waals surface area (Å²) in [6.07, 6.45) is 4.92. The fraction of sp³-hybridized carbons (Fsp3) is 0.368. The van der Waals surface area contributed by atoms with E-state index in [9.17, 15) is 14.0 Å². The molecule has 1 aromatic heterocycles. The molecule has 0 bridgehead atoms. The van der Waals surface area contributed by atoms with Gasteiger partial charge in [0.25, 0.3) is 5.91 Å². The number of carbonyl (C=O) groups excluding carboxylic acids is 2. The molecule has 2 amide bonds. The summed E-state index contributed by atoms with van der Waals surface area (Å²) in [5.41, 5.74) is 1.52. The second-order valence-electron chi connectivity index (χ2n) is 6.10. The lowest BCUT2D eigenvalue weighted by molar-refractivity contribution is -0.123. The molecule has 2 aromatic rings. The van der Waals surface area contributed by atoms with E-state index in [0.717, 1.165) is 11.8 Å². The first-order valence-corrected chi connectivity index (χ1v) is 9.20. The number of carbonyl (C=O) groups is 2. The Kier molecular flexibility index (Phi) is 8.61. The van der Waals surface area contributed by atoms with Gasteiger partial charge in [0.15, 0.2) is 6.61 Å². The van der Waals surface area contributed by atoms with Crippen LogP contribution in [0.25, 0.3) is 0 Å². The Labute approximate surface area is 167 Å². The molecule has 1 aromatic carbocycles. The first-order chi connectivity index (χ1) is 13.4. The summed E-state index contributed by atoms with van der Waals surface area (Å²) in [6, 6.07) is 3.97. The molecule has 9 heteroatoms. The van der Waals surface area contributed by atoms with Crippen LogP contribution in [-0.4, -0.2) is 34.9 Å². The normalized spacial score (nSPS) is 10.4. The van der Waals surface area contributed by atoms with Gasteiger partial charge in [-0.3, -0.25) is 19.6 Å². The van der Waals surface area contributed by atoms with Crippen molar-refractivity contribution in [3.05, 3.63) is 52.8 Å². The van der Waals surface area contributed by atoms with Gasteiger partial charge in [-0.2, -0.15) is 0 Å². The zero-order valence-corrected chi connectivity index (χ0v) is 16.3. The van der Waals surface area contributed by atoms with Gasteiger partial charge in [0.1, 0.15) is 11.6 Å². The van der Waals surface area contributed by atoms with Crippen molar-refractivity contribution < 1.29 is 18.7 Å². The van der Waals surface area contributed by atoms with Crippen LogP contribution in [0.5, 0.6) is 5.75 Å². The molecule has 0 aliphatic rings. The van der Waals surface area contributed by atoms with Crippen molar-refractivity contribution in [2.24, 2.45) is 0 Å². The number of rotatable bonds is 10. The third-order valence-electron chi connectivity index (χ3n) is 3.71. The average Bonchev–Trinajstić information content (AvgIpc) is 2.68. The molecule has 2 rings (SSSR count). The number of hydrogen-bond acceptors (Lipinski definition) is 5. The van der Waals surface area contributed by atoms with E-state index in [1.807, 2.05) is 6.92 Å². The highest BCUT2D eigenvalue weighted by molar-refractivity contribution is 6.30. The summed E-state index contributed by atoms with van der Waals surface area (Å²) < 4.78 is 18.5. The molecule has 0 aliphatic heterocycles. The van der Waals surface area contributed by atoms with Crippen molar-refractivity contribution >= 4 is 23.4 Å². The predicted octanol–water partition coefficient (Wildman–Crippen LogP) is 2.56. The summed E-state index contributed by atoms with van der Waals surface area (Å²) in [5, 5.41) is 5.45. The lowest BCUT2D eigenvalue weighted by atomic mass is 10.2. The Hall–Kier alpha value is -2.74. The predicted molar refractivity (Wildman–Crippen MR) is 102 cm³/mol. The summed E-state index contributed by atoms with van der Waals surface area (Å²) in [5.74, 6) is -0.779. The second kappa shape index (κ2) is 11.2. The van der Waals surface area contributed by atoms with Gasteiger partial charge in [0.05, 0.1) is 29.2 Å². The molecule has 0 radical (unpaired) electrons. The molecule has 0 aliphatic carbocycles. The Morgan fingerprint density at radius 1 is 1.14 bits per heavy atom. The van der Waals surface area contributed by atoms with Crippen LogP contribution in [0.15, 0.2) is 30.6 Å². The number of amides is 2. The van der Waals surface area contributed by atoms with Crippen LogP contribution < -0.4 is 15.4 Å². The molecule has 0 spiro atoms. The smallest absolute Gasteiger partial charge is 0.257 e. The average molecular weight is 409 g/mol. The first kappa shape index (κ1) is 21.6. The fourth-order valence-corrected chi connectivity index (χ4v) is 2.31. The molecule has 0 saturated heterocycles. The van der Waals surface area contributed by atoms with Crippen molar-refractivity contribution in [2.45, 2.75) is 32.7 Å². The SMILES string of the molecule is Cc1cnc(CNC(=O)CCCCNC(=O)COc2ccc(Cl)c(F)c2)cn1. The number of nitrogens with one attached hydrogen (secondary N) is 2. The van der Waals surface area contributed by atoms with E-state index in [4.69, 9.17) is 16.3 Å². The van der Waals surface area contributed by atoms with Gasteiger partial charge in [0.2, 0.25) is 5.91 Å². The number of benzene rings is 1. The quantitative estimate of drug-likeness (QED) is 0.589. The molecule has 0 atom stereocenters. The van der Waals surface area contributed by atoms with Crippen LogP contribution in [0.3, 0.4) is 0 Å². The number of aromatic nitrogens is 2. The largest absolute Gasteiger partial charge is 0.484 e. The minimum atomic E-state index is -0.604. The number of halogens is 2. The molecule has 150 valence electrons. The molecule has 0 unspecified atom stereocenters. The first-order valence-electron chi connectivity index (χ1n) is 8.83. The minimum absolute atomic E-state index is 0.00682.